The maximum atomic E-state index is 11.0. The number of carboxylic acid groups (broad SMARTS) is 1. The van der Waals surface area contributed by atoms with Crippen molar-refractivity contribution < 1.29 is 14.6 Å². The first-order valence-corrected chi connectivity index (χ1v) is 7.05. The van der Waals surface area contributed by atoms with Gasteiger partial charge in [0.05, 0.1) is 12.6 Å². The fourth-order valence-corrected chi connectivity index (χ4v) is 2.21. The fourth-order valence-electron chi connectivity index (χ4n) is 2.21. The van der Waals surface area contributed by atoms with E-state index in [0.29, 0.717) is 0 Å². The van der Waals surface area contributed by atoms with Crippen LogP contribution in [0.15, 0.2) is 24.3 Å². The molecule has 0 saturated heterocycles. The fraction of sp³-hybridized carbons (Fsp3) is 0.562. The predicted molar refractivity (Wildman–Crippen MR) is 80.1 cm³/mol. The summed E-state index contributed by atoms with van der Waals surface area (Å²) in [5.74, 6) is 0.0376. The normalized spacial score (nSPS) is 13.0. The summed E-state index contributed by atoms with van der Waals surface area (Å²) in [4.78, 5) is 12.9. The van der Waals surface area contributed by atoms with Crippen LogP contribution in [0.2, 0.25) is 0 Å². The summed E-state index contributed by atoms with van der Waals surface area (Å²) in [5, 5.41) is 9.01. The standard InChI is InChI=1S/C16H25NO3/c1-11(2)17(10-16(18)19)13(5)14-6-8-15(9-7-14)20-12(3)4/h6-9,11-13H,10H2,1-5H3,(H,18,19). The SMILES string of the molecule is CC(C)Oc1ccc(C(C)N(CC(=O)O)C(C)C)cc1. The van der Waals surface area contributed by atoms with Crippen LogP contribution in [-0.2, 0) is 4.79 Å². The molecule has 1 aromatic carbocycles. The van der Waals surface area contributed by atoms with Gasteiger partial charge in [0.2, 0.25) is 0 Å². The Hall–Kier alpha value is -1.55. The molecular weight excluding hydrogens is 254 g/mol. The lowest BCUT2D eigenvalue weighted by molar-refractivity contribution is -0.139. The molecule has 4 heteroatoms. The van der Waals surface area contributed by atoms with Crippen molar-refractivity contribution >= 4 is 5.97 Å². The number of aliphatic carboxylic acids is 1. The van der Waals surface area contributed by atoms with E-state index in [2.05, 4.69) is 0 Å². The van der Waals surface area contributed by atoms with Crippen molar-refractivity contribution in [2.24, 2.45) is 0 Å². The first-order valence-electron chi connectivity index (χ1n) is 7.05. The average molecular weight is 279 g/mol. The van der Waals surface area contributed by atoms with Gasteiger partial charge >= 0.3 is 5.97 Å². The first-order chi connectivity index (χ1) is 9.31. The molecule has 0 aromatic heterocycles. The predicted octanol–water partition coefficient (Wildman–Crippen LogP) is 3.33. The van der Waals surface area contributed by atoms with Gasteiger partial charge in [0.25, 0.3) is 0 Å². The molecule has 20 heavy (non-hydrogen) atoms. The van der Waals surface area contributed by atoms with Gasteiger partial charge in [-0.15, -0.1) is 0 Å². The number of hydrogen-bond donors (Lipinski definition) is 1. The average Bonchev–Trinajstić information content (AvgIpc) is 2.35. The minimum atomic E-state index is -0.801. The van der Waals surface area contributed by atoms with Gasteiger partial charge in [-0.05, 0) is 52.3 Å². The molecule has 0 aliphatic heterocycles. The third-order valence-electron chi connectivity index (χ3n) is 3.21. The Morgan fingerprint density at radius 2 is 1.70 bits per heavy atom. The van der Waals surface area contributed by atoms with Gasteiger partial charge in [-0.2, -0.15) is 0 Å². The van der Waals surface area contributed by atoms with Crippen molar-refractivity contribution in [3.63, 3.8) is 0 Å². The molecule has 0 aliphatic carbocycles. The highest BCUT2D eigenvalue weighted by molar-refractivity contribution is 5.69. The Labute approximate surface area is 121 Å². The number of hydrogen-bond acceptors (Lipinski definition) is 3. The third-order valence-corrected chi connectivity index (χ3v) is 3.21. The second-order valence-electron chi connectivity index (χ2n) is 5.57. The van der Waals surface area contributed by atoms with E-state index < -0.39 is 5.97 Å². The Morgan fingerprint density at radius 1 is 1.15 bits per heavy atom. The molecule has 0 spiro atoms. The van der Waals surface area contributed by atoms with Crippen LogP contribution in [0, 0.1) is 0 Å². The second kappa shape index (κ2) is 7.29. The highest BCUT2D eigenvalue weighted by Crippen LogP contribution is 2.24. The van der Waals surface area contributed by atoms with Crippen LogP contribution in [0.5, 0.6) is 5.75 Å². The molecule has 1 aromatic rings. The lowest BCUT2D eigenvalue weighted by Crippen LogP contribution is -2.37. The summed E-state index contributed by atoms with van der Waals surface area (Å²) in [6.07, 6.45) is 0.150. The van der Waals surface area contributed by atoms with Gasteiger partial charge in [-0.1, -0.05) is 12.1 Å². The molecule has 0 heterocycles. The van der Waals surface area contributed by atoms with Crippen LogP contribution >= 0.6 is 0 Å². The minimum absolute atomic E-state index is 0.0447. The largest absolute Gasteiger partial charge is 0.491 e. The zero-order valence-corrected chi connectivity index (χ0v) is 13.0. The first kappa shape index (κ1) is 16.5. The quantitative estimate of drug-likeness (QED) is 0.831. The van der Waals surface area contributed by atoms with E-state index in [0.717, 1.165) is 11.3 Å². The van der Waals surface area contributed by atoms with E-state index in [-0.39, 0.29) is 24.7 Å². The zero-order chi connectivity index (χ0) is 15.3. The van der Waals surface area contributed by atoms with Gasteiger partial charge in [0.1, 0.15) is 5.75 Å². The van der Waals surface area contributed by atoms with Gasteiger partial charge in [-0.3, -0.25) is 9.69 Å². The van der Waals surface area contributed by atoms with Gasteiger partial charge < -0.3 is 9.84 Å². The molecule has 112 valence electrons. The van der Waals surface area contributed by atoms with Crippen LogP contribution in [0.4, 0.5) is 0 Å². The lowest BCUT2D eigenvalue weighted by atomic mass is 10.1. The smallest absolute Gasteiger partial charge is 0.317 e. The highest BCUT2D eigenvalue weighted by Gasteiger charge is 2.21. The van der Waals surface area contributed by atoms with Crippen molar-refractivity contribution in [3.8, 4) is 5.75 Å². The minimum Gasteiger partial charge on any atom is -0.491 e. The molecule has 0 aliphatic rings. The number of rotatable bonds is 7. The van der Waals surface area contributed by atoms with Crippen molar-refractivity contribution in [1.29, 1.82) is 0 Å². The highest BCUT2D eigenvalue weighted by atomic mass is 16.5. The summed E-state index contributed by atoms with van der Waals surface area (Å²) in [6.45, 7) is 10.1. The Morgan fingerprint density at radius 3 is 2.10 bits per heavy atom. The summed E-state index contributed by atoms with van der Waals surface area (Å²) in [6, 6.07) is 8.10. The molecule has 0 amide bonds. The van der Waals surface area contributed by atoms with E-state index >= 15 is 0 Å². The lowest BCUT2D eigenvalue weighted by Gasteiger charge is -2.31. The molecular formula is C16H25NO3. The van der Waals surface area contributed by atoms with Crippen LogP contribution in [-0.4, -0.2) is 34.7 Å². The molecule has 0 saturated carbocycles. The Bertz CT molecular complexity index is 426. The summed E-state index contributed by atoms with van der Waals surface area (Å²) < 4.78 is 5.61. The molecule has 1 N–H and O–H groups in total. The van der Waals surface area contributed by atoms with E-state index in [9.17, 15) is 4.79 Å². The second-order valence-corrected chi connectivity index (χ2v) is 5.57. The molecule has 1 rings (SSSR count). The van der Waals surface area contributed by atoms with E-state index in [1.54, 1.807) is 0 Å². The molecule has 4 nitrogen and oxygen atoms in total. The van der Waals surface area contributed by atoms with Gasteiger partial charge in [-0.25, -0.2) is 0 Å². The number of carbonyl (C=O) groups is 1. The Kier molecular flexibility index (Phi) is 6.02. The maximum absolute atomic E-state index is 11.0. The van der Waals surface area contributed by atoms with E-state index in [1.807, 2.05) is 63.8 Å². The van der Waals surface area contributed by atoms with E-state index in [1.165, 1.54) is 0 Å². The number of ether oxygens (including phenoxy) is 1. The third kappa shape index (κ3) is 4.85. The van der Waals surface area contributed by atoms with Crippen LogP contribution in [0.1, 0.15) is 46.2 Å². The molecule has 0 bridgehead atoms. The van der Waals surface area contributed by atoms with Crippen LogP contribution in [0.3, 0.4) is 0 Å². The monoisotopic (exact) mass is 279 g/mol. The molecule has 0 fully saturated rings. The molecule has 0 radical (unpaired) electrons. The number of benzene rings is 1. The van der Waals surface area contributed by atoms with Crippen molar-refractivity contribution in [3.05, 3.63) is 29.8 Å². The van der Waals surface area contributed by atoms with Crippen LogP contribution in [0.25, 0.3) is 0 Å². The van der Waals surface area contributed by atoms with Crippen molar-refractivity contribution in [2.45, 2.75) is 52.8 Å². The van der Waals surface area contributed by atoms with E-state index in [4.69, 9.17) is 9.84 Å². The van der Waals surface area contributed by atoms with Crippen molar-refractivity contribution in [2.75, 3.05) is 6.54 Å². The topological polar surface area (TPSA) is 49.8 Å². The Balaban J connectivity index is 2.83. The summed E-state index contributed by atoms with van der Waals surface area (Å²) in [5.41, 5.74) is 1.09. The van der Waals surface area contributed by atoms with Gasteiger partial charge in [0.15, 0.2) is 0 Å². The number of nitrogens with zero attached hydrogens (tertiary/aromatic N) is 1. The van der Waals surface area contributed by atoms with Gasteiger partial charge in [0, 0.05) is 12.1 Å². The zero-order valence-electron chi connectivity index (χ0n) is 13.0. The van der Waals surface area contributed by atoms with Crippen LogP contribution < -0.4 is 4.74 Å². The molecule has 1 atom stereocenters. The molecule has 1 unspecified atom stereocenters. The summed E-state index contributed by atoms with van der Waals surface area (Å²) in [7, 11) is 0. The van der Waals surface area contributed by atoms with Crippen molar-refractivity contribution in [1.82, 2.24) is 4.90 Å². The number of carboxylic acids is 1. The summed E-state index contributed by atoms with van der Waals surface area (Å²) >= 11 is 0. The maximum Gasteiger partial charge on any atom is 0.317 e.